The normalized spacial score (nSPS) is 13.6. The molecule has 0 spiro atoms. The molecule has 6 aromatic carbocycles. The molecule has 1 aliphatic carbocycles. The van der Waals surface area contributed by atoms with Crippen LogP contribution in [0.15, 0.2) is 163 Å². The van der Waals surface area contributed by atoms with Crippen LogP contribution in [0.2, 0.25) is 0 Å². The number of benzene rings is 6. The smallest absolute Gasteiger partial charge is 0.229 e. The zero-order valence-corrected chi connectivity index (χ0v) is 27.8. The minimum absolute atomic E-state index is 0.154. The largest absolute Gasteiger partial charge is 0.373 e. The highest BCUT2D eigenvalue weighted by molar-refractivity contribution is 6.26. The van der Waals surface area contributed by atoms with Gasteiger partial charge in [0.15, 0.2) is 0 Å². The van der Waals surface area contributed by atoms with E-state index in [1.165, 1.54) is 27.6 Å². The molecule has 0 unspecified atom stereocenters. The number of allylic oxidation sites excluding steroid dienone is 4. The van der Waals surface area contributed by atoms with Crippen molar-refractivity contribution >= 4 is 66.7 Å². The zero-order valence-electron chi connectivity index (χ0n) is 27.8. The topological polar surface area (TPSA) is 58.1 Å². The minimum atomic E-state index is 0.154. The van der Waals surface area contributed by atoms with Crippen molar-refractivity contribution in [1.82, 2.24) is 14.5 Å². The van der Waals surface area contributed by atoms with Crippen LogP contribution in [0.3, 0.4) is 0 Å². The highest BCUT2D eigenvalue weighted by atomic mass is 15.2. The van der Waals surface area contributed by atoms with E-state index in [4.69, 9.17) is 4.99 Å². The summed E-state index contributed by atoms with van der Waals surface area (Å²) >= 11 is 0. The molecule has 1 aliphatic rings. The molecular formula is C45H35N5. The van der Waals surface area contributed by atoms with E-state index in [-0.39, 0.29) is 5.96 Å². The van der Waals surface area contributed by atoms with E-state index in [0.29, 0.717) is 5.84 Å². The Kier molecular flexibility index (Phi) is 7.24. The number of hydrogen-bond acceptors (Lipinski definition) is 1. The standard InChI is InChI=1S/C45H35N5/c1-47-44(33-15-6-3-7-16-33)48-45(46)50-41-22-11-9-20-37(41)39-28-27-38-36-19-8-10-21-40(36)49(42(38)43(39)50)35-18-12-17-34(29-35)32-25-23-31(24-26-32)30-13-4-2-5-14-30/h2-11,13-16,18-29H,12,17H2,1H3,(H2,46,47,48). The van der Waals surface area contributed by atoms with E-state index in [2.05, 4.69) is 131 Å². The molecule has 5 heteroatoms. The summed E-state index contributed by atoms with van der Waals surface area (Å²) in [6, 6.07) is 51.0. The van der Waals surface area contributed by atoms with Gasteiger partial charge >= 0.3 is 0 Å². The predicted molar refractivity (Wildman–Crippen MR) is 211 cm³/mol. The number of para-hydroxylation sites is 2. The quantitative estimate of drug-likeness (QED) is 0.145. The van der Waals surface area contributed by atoms with Crippen molar-refractivity contribution in [3.05, 3.63) is 169 Å². The van der Waals surface area contributed by atoms with E-state index in [0.717, 1.165) is 62.3 Å². The summed E-state index contributed by atoms with van der Waals surface area (Å²) in [7, 11) is 1.86. The summed E-state index contributed by atoms with van der Waals surface area (Å²) in [5.41, 5.74) is 11.2. The lowest BCUT2D eigenvalue weighted by Gasteiger charge is -2.18. The number of aromatic nitrogens is 2. The number of rotatable bonds is 4. The van der Waals surface area contributed by atoms with E-state index in [1.54, 1.807) is 0 Å². The van der Waals surface area contributed by atoms with E-state index in [9.17, 15) is 5.41 Å². The van der Waals surface area contributed by atoms with Gasteiger partial charge in [-0.15, -0.1) is 0 Å². The minimum Gasteiger partial charge on any atom is -0.373 e. The van der Waals surface area contributed by atoms with E-state index in [1.807, 2.05) is 48.0 Å². The summed E-state index contributed by atoms with van der Waals surface area (Å²) in [5.74, 6) is 0.802. The van der Waals surface area contributed by atoms with Crippen LogP contribution in [0.5, 0.6) is 0 Å². The van der Waals surface area contributed by atoms with Gasteiger partial charge in [0.1, 0.15) is 5.84 Å². The molecule has 2 aromatic heterocycles. The predicted octanol–water partition coefficient (Wildman–Crippen LogP) is 10.7. The highest BCUT2D eigenvalue weighted by Gasteiger charge is 2.23. The first kappa shape index (κ1) is 29.7. The Morgan fingerprint density at radius 3 is 1.90 bits per heavy atom. The Hall–Kier alpha value is -6.46. The van der Waals surface area contributed by atoms with Crippen LogP contribution >= 0.6 is 0 Å². The Labute approximate surface area is 290 Å². The lowest BCUT2D eigenvalue weighted by Crippen LogP contribution is -2.23. The summed E-state index contributed by atoms with van der Waals surface area (Å²) in [6.45, 7) is 0. The fourth-order valence-electron chi connectivity index (χ4n) is 7.58. The summed E-state index contributed by atoms with van der Waals surface area (Å²) in [4.78, 5) is 4.91. The molecule has 2 N–H and O–H groups in total. The van der Waals surface area contributed by atoms with Crippen molar-refractivity contribution < 1.29 is 0 Å². The maximum atomic E-state index is 9.54. The Morgan fingerprint density at radius 1 is 0.600 bits per heavy atom. The molecule has 0 radical (unpaired) electrons. The molecule has 50 heavy (non-hydrogen) atoms. The van der Waals surface area contributed by atoms with Crippen LogP contribution in [0.4, 0.5) is 0 Å². The monoisotopic (exact) mass is 645 g/mol. The first-order chi connectivity index (χ1) is 24.7. The van der Waals surface area contributed by atoms with Crippen molar-refractivity contribution in [2.75, 3.05) is 7.05 Å². The zero-order chi connectivity index (χ0) is 33.6. The first-order valence-electron chi connectivity index (χ1n) is 17.1. The van der Waals surface area contributed by atoms with Gasteiger partial charge in [-0.25, -0.2) is 0 Å². The second-order valence-electron chi connectivity index (χ2n) is 12.7. The molecule has 0 amide bonds. The van der Waals surface area contributed by atoms with Gasteiger partial charge in [-0.1, -0.05) is 140 Å². The molecule has 0 fully saturated rings. The Bertz CT molecular complexity index is 2670. The van der Waals surface area contributed by atoms with E-state index < -0.39 is 0 Å². The highest BCUT2D eigenvalue weighted by Crippen LogP contribution is 2.42. The number of fused-ring (bicyclic) bond motifs is 7. The molecule has 0 saturated heterocycles. The SMILES string of the molecule is CNC(=NC(=N)n1c2ccccc2c2ccc3c4ccccc4n(C4=CCCC(c5ccc(-c6ccccc6)cc5)=C4)c3c21)c1ccccc1. The third-order valence-corrected chi connectivity index (χ3v) is 9.89. The first-order valence-corrected chi connectivity index (χ1v) is 17.1. The van der Waals surface area contributed by atoms with Crippen LogP contribution < -0.4 is 5.32 Å². The second-order valence-corrected chi connectivity index (χ2v) is 12.7. The van der Waals surface area contributed by atoms with Crippen LogP contribution in [0.25, 0.3) is 66.0 Å². The maximum absolute atomic E-state index is 9.54. The summed E-state index contributed by atoms with van der Waals surface area (Å²) in [5, 5.41) is 17.3. The number of nitrogens with one attached hydrogen (secondary N) is 2. The fourth-order valence-corrected chi connectivity index (χ4v) is 7.58. The molecular weight excluding hydrogens is 611 g/mol. The third-order valence-electron chi connectivity index (χ3n) is 9.89. The average molecular weight is 646 g/mol. The van der Waals surface area contributed by atoms with Crippen LogP contribution in [-0.2, 0) is 0 Å². The molecule has 0 aliphatic heterocycles. The lowest BCUT2D eigenvalue weighted by atomic mass is 9.94. The Balaban J connectivity index is 1.27. The molecule has 240 valence electrons. The molecule has 0 atom stereocenters. The van der Waals surface area contributed by atoms with Gasteiger partial charge in [-0.2, -0.15) is 4.99 Å². The van der Waals surface area contributed by atoms with E-state index >= 15 is 0 Å². The summed E-state index contributed by atoms with van der Waals surface area (Å²) in [6.07, 6.45) is 6.64. The van der Waals surface area contributed by atoms with Gasteiger partial charge < -0.3 is 9.88 Å². The van der Waals surface area contributed by atoms with Crippen molar-refractivity contribution in [2.24, 2.45) is 4.99 Å². The van der Waals surface area contributed by atoms with Crippen LogP contribution in [0.1, 0.15) is 24.0 Å². The number of nitrogens with zero attached hydrogens (tertiary/aromatic N) is 3. The van der Waals surface area contributed by atoms with Crippen molar-refractivity contribution in [3.63, 3.8) is 0 Å². The van der Waals surface area contributed by atoms with Gasteiger partial charge in [0.2, 0.25) is 5.96 Å². The van der Waals surface area contributed by atoms with Gasteiger partial charge in [0.05, 0.1) is 22.1 Å². The maximum Gasteiger partial charge on any atom is 0.229 e. The second kappa shape index (κ2) is 12.2. The molecule has 0 bridgehead atoms. The van der Waals surface area contributed by atoms with Gasteiger partial charge in [-0.05, 0) is 53.3 Å². The van der Waals surface area contributed by atoms with Crippen molar-refractivity contribution in [2.45, 2.75) is 12.8 Å². The van der Waals surface area contributed by atoms with Gasteiger partial charge in [0.25, 0.3) is 0 Å². The summed E-state index contributed by atoms with van der Waals surface area (Å²) < 4.78 is 4.44. The molecule has 5 nitrogen and oxygen atoms in total. The lowest BCUT2D eigenvalue weighted by molar-refractivity contribution is 1.03. The molecule has 0 saturated carbocycles. The number of aliphatic imine (C=N–C) groups is 1. The van der Waals surface area contributed by atoms with Crippen LogP contribution in [0, 0.1) is 5.41 Å². The molecule has 9 rings (SSSR count). The molecule has 8 aromatic rings. The van der Waals surface area contributed by atoms with Crippen molar-refractivity contribution in [3.8, 4) is 11.1 Å². The van der Waals surface area contributed by atoms with Crippen LogP contribution in [-0.4, -0.2) is 28.0 Å². The van der Waals surface area contributed by atoms with Crippen molar-refractivity contribution in [1.29, 1.82) is 5.41 Å². The Morgan fingerprint density at radius 2 is 1.18 bits per heavy atom. The number of hydrogen-bond donors (Lipinski definition) is 2. The van der Waals surface area contributed by atoms with Gasteiger partial charge in [-0.3, -0.25) is 9.98 Å². The fraction of sp³-hybridized carbons (Fsp3) is 0.0667. The third kappa shape index (κ3) is 4.86. The average Bonchev–Trinajstić information content (AvgIpc) is 3.71. The number of amidine groups is 1. The molecule has 2 heterocycles. The van der Waals surface area contributed by atoms with Gasteiger partial charge in [0, 0.05) is 39.9 Å².